The first kappa shape index (κ1) is 13.2. The van der Waals surface area contributed by atoms with E-state index in [0.717, 1.165) is 4.47 Å². The highest BCUT2D eigenvalue weighted by molar-refractivity contribution is 9.10. The first-order valence-electron chi connectivity index (χ1n) is 6.48. The molecule has 19 heavy (non-hydrogen) atoms. The molecule has 1 aliphatic rings. The van der Waals surface area contributed by atoms with Crippen molar-refractivity contribution < 1.29 is 0 Å². The Hall–Kier alpha value is -0.800. The highest BCUT2D eigenvalue weighted by Crippen LogP contribution is 2.39. The molecule has 1 saturated carbocycles. The van der Waals surface area contributed by atoms with E-state index in [9.17, 15) is 0 Å². The monoisotopic (exact) mass is 379 g/mol. The summed E-state index contributed by atoms with van der Waals surface area (Å²) < 4.78 is 2.30. The van der Waals surface area contributed by atoms with E-state index in [1.165, 1.54) is 28.6 Å². The fourth-order valence-corrected chi connectivity index (χ4v) is 3.23. The van der Waals surface area contributed by atoms with Crippen molar-refractivity contribution in [2.45, 2.75) is 24.8 Å². The van der Waals surface area contributed by atoms with Crippen LogP contribution in [0.3, 0.4) is 0 Å². The van der Waals surface area contributed by atoms with Crippen molar-refractivity contribution in [2.24, 2.45) is 0 Å². The van der Waals surface area contributed by atoms with E-state index < -0.39 is 0 Å². The van der Waals surface area contributed by atoms with E-state index in [0.29, 0.717) is 12.0 Å². The first-order valence-corrected chi connectivity index (χ1v) is 8.07. The molecule has 0 aliphatic heterocycles. The van der Waals surface area contributed by atoms with Gasteiger partial charge in [0, 0.05) is 20.7 Å². The molecule has 0 amide bonds. The van der Waals surface area contributed by atoms with Crippen molar-refractivity contribution in [3.63, 3.8) is 0 Å². The number of rotatable bonds is 3. The van der Waals surface area contributed by atoms with Crippen molar-refractivity contribution in [1.29, 1.82) is 0 Å². The van der Waals surface area contributed by atoms with E-state index in [-0.39, 0.29) is 0 Å². The van der Waals surface area contributed by atoms with Crippen LogP contribution in [0.2, 0.25) is 0 Å². The Balaban J connectivity index is 1.57. The molecule has 0 aromatic heterocycles. The lowest BCUT2D eigenvalue weighted by Crippen LogP contribution is -2.33. The number of nitrogens with one attached hydrogen (secondary N) is 1. The van der Waals surface area contributed by atoms with Gasteiger partial charge < -0.3 is 5.32 Å². The predicted octanol–water partition coefficient (Wildman–Crippen LogP) is 5.57. The lowest BCUT2D eigenvalue weighted by atomic mass is 9.76. The van der Waals surface area contributed by atoms with Gasteiger partial charge in [0.2, 0.25) is 0 Å². The van der Waals surface area contributed by atoms with Crippen LogP contribution in [0.25, 0.3) is 0 Å². The molecular weight excluding hydrogens is 366 g/mol. The van der Waals surface area contributed by atoms with Crippen molar-refractivity contribution in [2.75, 3.05) is 5.32 Å². The van der Waals surface area contributed by atoms with E-state index in [4.69, 9.17) is 0 Å². The largest absolute Gasteiger partial charge is 0.382 e. The van der Waals surface area contributed by atoms with Crippen LogP contribution in [0.15, 0.2) is 57.5 Å². The summed E-state index contributed by atoms with van der Waals surface area (Å²) in [6.07, 6.45) is 2.43. The Morgan fingerprint density at radius 3 is 2.32 bits per heavy atom. The van der Waals surface area contributed by atoms with Crippen LogP contribution < -0.4 is 5.32 Å². The standard InChI is InChI=1S/C16H15Br2N/c17-13-4-6-15(7-5-13)19-16-9-12(10-16)11-2-1-3-14(18)8-11/h1-8,12,16,19H,9-10H2. The van der Waals surface area contributed by atoms with Crippen LogP contribution in [0, 0.1) is 0 Å². The molecule has 0 unspecified atom stereocenters. The third-order valence-electron chi connectivity index (χ3n) is 3.67. The van der Waals surface area contributed by atoms with Gasteiger partial charge in [-0.1, -0.05) is 44.0 Å². The lowest BCUT2D eigenvalue weighted by Gasteiger charge is -2.37. The lowest BCUT2D eigenvalue weighted by molar-refractivity contribution is 0.374. The van der Waals surface area contributed by atoms with Crippen LogP contribution >= 0.6 is 31.9 Å². The van der Waals surface area contributed by atoms with Crippen molar-refractivity contribution in [3.05, 3.63) is 63.0 Å². The van der Waals surface area contributed by atoms with Gasteiger partial charge in [-0.05, 0) is 60.7 Å². The molecule has 1 nitrogen and oxygen atoms in total. The maximum atomic E-state index is 3.59. The summed E-state index contributed by atoms with van der Waals surface area (Å²) in [6, 6.07) is 17.7. The van der Waals surface area contributed by atoms with Gasteiger partial charge in [0.1, 0.15) is 0 Å². The van der Waals surface area contributed by atoms with Crippen molar-refractivity contribution in [1.82, 2.24) is 0 Å². The van der Waals surface area contributed by atoms with Crippen molar-refractivity contribution >= 4 is 37.5 Å². The summed E-state index contributed by atoms with van der Waals surface area (Å²) in [7, 11) is 0. The smallest absolute Gasteiger partial charge is 0.0343 e. The molecule has 0 atom stereocenters. The van der Waals surface area contributed by atoms with E-state index in [1.54, 1.807) is 0 Å². The average Bonchev–Trinajstić information content (AvgIpc) is 2.35. The van der Waals surface area contributed by atoms with E-state index >= 15 is 0 Å². The van der Waals surface area contributed by atoms with Gasteiger partial charge >= 0.3 is 0 Å². The summed E-state index contributed by atoms with van der Waals surface area (Å²) in [5.74, 6) is 0.699. The number of hydrogen-bond donors (Lipinski definition) is 1. The van der Waals surface area contributed by atoms with Gasteiger partial charge in [0.15, 0.2) is 0 Å². The van der Waals surface area contributed by atoms with Crippen LogP contribution in [0.5, 0.6) is 0 Å². The van der Waals surface area contributed by atoms with Crippen molar-refractivity contribution in [3.8, 4) is 0 Å². The van der Waals surface area contributed by atoms with Gasteiger partial charge in [0.05, 0.1) is 0 Å². The van der Waals surface area contributed by atoms with Crippen LogP contribution in [-0.4, -0.2) is 6.04 Å². The summed E-state index contributed by atoms with van der Waals surface area (Å²) in [4.78, 5) is 0. The second kappa shape index (κ2) is 5.68. The Labute approximate surface area is 130 Å². The van der Waals surface area contributed by atoms with Gasteiger partial charge in [-0.15, -0.1) is 0 Å². The number of hydrogen-bond acceptors (Lipinski definition) is 1. The molecule has 2 aromatic rings. The fourth-order valence-electron chi connectivity index (χ4n) is 2.55. The summed E-state index contributed by atoms with van der Waals surface area (Å²) >= 11 is 7.00. The first-order chi connectivity index (χ1) is 9.20. The maximum absolute atomic E-state index is 3.59. The third kappa shape index (κ3) is 3.21. The number of benzene rings is 2. The van der Waals surface area contributed by atoms with Gasteiger partial charge in [-0.3, -0.25) is 0 Å². The van der Waals surface area contributed by atoms with Crippen LogP contribution in [-0.2, 0) is 0 Å². The average molecular weight is 381 g/mol. The highest BCUT2D eigenvalue weighted by Gasteiger charge is 2.30. The molecule has 0 spiro atoms. The minimum absolute atomic E-state index is 0.602. The molecule has 0 saturated heterocycles. The van der Waals surface area contributed by atoms with Gasteiger partial charge in [-0.2, -0.15) is 0 Å². The minimum Gasteiger partial charge on any atom is -0.382 e. The Kier molecular flexibility index (Phi) is 3.94. The summed E-state index contributed by atoms with van der Waals surface area (Å²) in [5, 5.41) is 3.59. The molecule has 0 bridgehead atoms. The molecule has 0 heterocycles. The van der Waals surface area contributed by atoms with E-state index in [1.807, 2.05) is 0 Å². The quantitative estimate of drug-likeness (QED) is 0.733. The molecule has 1 fully saturated rings. The zero-order valence-corrected chi connectivity index (χ0v) is 13.6. The molecule has 98 valence electrons. The zero-order valence-electron chi connectivity index (χ0n) is 10.4. The Bertz CT molecular complexity index is 559. The molecule has 0 radical (unpaired) electrons. The zero-order chi connectivity index (χ0) is 13.2. The Morgan fingerprint density at radius 1 is 0.895 bits per heavy atom. The van der Waals surface area contributed by atoms with Crippen LogP contribution in [0.1, 0.15) is 24.3 Å². The van der Waals surface area contributed by atoms with E-state index in [2.05, 4.69) is 85.7 Å². The molecule has 1 aliphatic carbocycles. The summed E-state index contributed by atoms with van der Waals surface area (Å²) in [5.41, 5.74) is 2.66. The Morgan fingerprint density at radius 2 is 1.63 bits per heavy atom. The minimum atomic E-state index is 0.602. The molecule has 3 heteroatoms. The second-order valence-electron chi connectivity index (χ2n) is 5.07. The van der Waals surface area contributed by atoms with Gasteiger partial charge in [-0.25, -0.2) is 0 Å². The molecule has 1 N–H and O–H groups in total. The van der Waals surface area contributed by atoms with Gasteiger partial charge in [0.25, 0.3) is 0 Å². The molecule has 3 rings (SSSR count). The fraction of sp³-hybridized carbons (Fsp3) is 0.250. The SMILES string of the molecule is Brc1ccc(NC2CC(c3cccc(Br)c3)C2)cc1. The number of halogens is 2. The predicted molar refractivity (Wildman–Crippen MR) is 87.7 cm³/mol. The highest BCUT2D eigenvalue weighted by atomic mass is 79.9. The topological polar surface area (TPSA) is 12.0 Å². The molecular formula is C16H15Br2N. The molecule has 2 aromatic carbocycles. The van der Waals surface area contributed by atoms with Crippen LogP contribution in [0.4, 0.5) is 5.69 Å². The number of anilines is 1. The second-order valence-corrected chi connectivity index (χ2v) is 6.90. The normalized spacial score (nSPS) is 21.8. The summed E-state index contributed by atoms with van der Waals surface area (Å²) in [6.45, 7) is 0. The third-order valence-corrected chi connectivity index (χ3v) is 4.70. The maximum Gasteiger partial charge on any atom is 0.0343 e.